The maximum absolute atomic E-state index is 5.91. The molecule has 0 saturated carbocycles. The normalized spacial score (nSPS) is 11.3. The predicted octanol–water partition coefficient (Wildman–Crippen LogP) is 4.29. The van der Waals surface area contributed by atoms with Crippen LogP contribution in [0.5, 0.6) is 0 Å². The monoisotopic (exact) mass is 339 g/mol. The van der Waals surface area contributed by atoms with Crippen molar-refractivity contribution < 1.29 is 4.74 Å². The molecule has 0 N–H and O–H groups in total. The molecule has 0 fully saturated rings. The van der Waals surface area contributed by atoms with Gasteiger partial charge in [0.05, 0.1) is 6.61 Å². The maximum Gasteiger partial charge on any atom is 0.191 e. The third-order valence-electron chi connectivity index (χ3n) is 3.24. The molecule has 0 aliphatic carbocycles. The Labute approximate surface area is 141 Å². The Hall–Kier alpha value is -1.04. The van der Waals surface area contributed by atoms with E-state index in [0.717, 1.165) is 47.0 Å². The van der Waals surface area contributed by atoms with E-state index < -0.39 is 0 Å². The Morgan fingerprint density at radius 3 is 2.59 bits per heavy atom. The molecule has 0 bridgehead atoms. The van der Waals surface area contributed by atoms with E-state index in [0.29, 0.717) is 5.92 Å². The molecule has 0 atom stereocenters. The zero-order valence-corrected chi connectivity index (χ0v) is 14.8. The second kappa shape index (κ2) is 8.56. The second-order valence-corrected chi connectivity index (χ2v) is 7.01. The predicted molar refractivity (Wildman–Crippen MR) is 92.4 cm³/mol. The van der Waals surface area contributed by atoms with Crippen LogP contribution in [0.3, 0.4) is 0 Å². The second-order valence-electron chi connectivity index (χ2n) is 5.52. The summed E-state index contributed by atoms with van der Waals surface area (Å²) in [5.74, 6) is 2.42. The summed E-state index contributed by atoms with van der Waals surface area (Å²) in [5.41, 5.74) is 1.01. The lowest BCUT2D eigenvalue weighted by Gasteiger charge is -2.06. The number of benzene rings is 1. The highest BCUT2D eigenvalue weighted by molar-refractivity contribution is 7.99. The zero-order valence-electron chi connectivity index (χ0n) is 13.3. The van der Waals surface area contributed by atoms with E-state index in [1.54, 1.807) is 11.8 Å². The number of thioether (sulfide) groups is 1. The Morgan fingerprint density at radius 2 is 1.91 bits per heavy atom. The van der Waals surface area contributed by atoms with Crippen LogP contribution in [0, 0.1) is 5.92 Å². The highest BCUT2D eigenvalue weighted by atomic mass is 35.5. The summed E-state index contributed by atoms with van der Waals surface area (Å²) in [6.07, 6.45) is 1.11. The molecule has 0 aliphatic heterocycles. The van der Waals surface area contributed by atoms with Crippen LogP contribution < -0.4 is 0 Å². The molecule has 4 nitrogen and oxygen atoms in total. The molecule has 0 amide bonds. The summed E-state index contributed by atoms with van der Waals surface area (Å²) in [7, 11) is 1.98. The molecule has 0 saturated heterocycles. The Balaban J connectivity index is 1.85. The molecule has 1 aromatic heterocycles. The van der Waals surface area contributed by atoms with Crippen molar-refractivity contribution in [3.05, 3.63) is 29.3 Å². The van der Waals surface area contributed by atoms with Crippen LogP contribution in [0.2, 0.25) is 5.02 Å². The smallest absolute Gasteiger partial charge is 0.191 e. The van der Waals surface area contributed by atoms with Crippen LogP contribution in [0.15, 0.2) is 29.4 Å². The van der Waals surface area contributed by atoms with Crippen LogP contribution in [-0.2, 0) is 11.8 Å². The minimum Gasteiger partial charge on any atom is -0.381 e. The van der Waals surface area contributed by atoms with E-state index in [4.69, 9.17) is 16.3 Å². The van der Waals surface area contributed by atoms with E-state index in [-0.39, 0.29) is 0 Å². The van der Waals surface area contributed by atoms with Gasteiger partial charge in [-0.05, 0) is 36.6 Å². The number of aromatic nitrogens is 3. The number of rotatable bonds is 8. The third-order valence-corrected chi connectivity index (χ3v) is 4.47. The summed E-state index contributed by atoms with van der Waals surface area (Å²) in [6.45, 7) is 5.97. The fraction of sp³-hybridized carbons (Fsp3) is 0.500. The Morgan fingerprint density at radius 1 is 1.18 bits per heavy atom. The number of hydrogen-bond donors (Lipinski definition) is 0. The van der Waals surface area contributed by atoms with Gasteiger partial charge in [0.1, 0.15) is 0 Å². The molecule has 0 unspecified atom stereocenters. The Bertz CT molecular complexity index is 584. The van der Waals surface area contributed by atoms with Crippen molar-refractivity contribution in [1.29, 1.82) is 0 Å². The van der Waals surface area contributed by atoms with Crippen LogP contribution in [0.1, 0.15) is 20.3 Å². The van der Waals surface area contributed by atoms with Crippen LogP contribution in [0.4, 0.5) is 0 Å². The van der Waals surface area contributed by atoms with Crippen molar-refractivity contribution in [3.8, 4) is 11.4 Å². The largest absolute Gasteiger partial charge is 0.381 e. The summed E-state index contributed by atoms with van der Waals surface area (Å²) < 4.78 is 7.62. The average molecular weight is 340 g/mol. The summed E-state index contributed by atoms with van der Waals surface area (Å²) in [4.78, 5) is 0. The first-order valence-corrected chi connectivity index (χ1v) is 8.80. The molecular weight excluding hydrogens is 318 g/mol. The van der Waals surface area contributed by atoms with Crippen molar-refractivity contribution in [2.24, 2.45) is 13.0 Å². The van der Waals surface area contributed by atoms with E-state index in [2.05, 4.69) is 24.0 Å². The fourth-order valence-corrected chi connectivity index (χ4v) is 2.79. The lowest BCUT2D eigenvalue weighted by molar-refractivity contribution is 0.138. The Kier molecular flexibility index (Phi) is 6.73. The van der Waals surface area contributed by atoms with Gasteiger partial charge in [-0.1, -0.05) is 37.2 Å². The molecule has 120 valence electrons. The number of hydrogen-bond acceptors (Lipinski definition) is 4. The molecular formula is C16H22ClN3OS. The van der Waals surface area contributed by atoms with Gasteiger partial charge in [-0.3, -0.25) is 0 Å². The standard InChI is InChI=1S/C16H22ClN3OS/c1-12(2)8-9-21-10-11-22-16-19-18-15(20(16)3)13-4-6-14(17)7-5-13/h4-7,12H,8-11H2,1-3H3. The van der Waals surface area contributed by atoms with Gasteiger partial charge < -0.3 is 9.30 Å². The minimum absolute atomic E-state index is 0.688. The fourth-order valence-electron chi connectivity index (χ4n) is 1.90. The topological polar surface area (TPSA) is 39.9 Å². The molecule has 1 heterocycles. The van der Waals surface area contributed by atoms with E-state index in [1.165, 1.54) is 0 Å². The summed E-state index contributed by atoms with van der Waals surface area (Å²) in [5, 5.41) is 10.1. The number of nitrogens with zero attached hydrogens (tertiary/aromatic N) is 3. The third kappa shape index (κ3) is 5.00. The molecule has 2 aromatic rings. The first-order valence-electron chi connectivity index (χ1n) is 7.44. The zero-order chi connectivity index (χ0) is 15.9. The van der Waals surface area contributed by atoms with Crippen molar-refractivity contribution in [1.82, 2.24) is 14.8 Å². The van der Waals surface area contributed by atoms with Crippen molar-refractivity contribution in [2.75, 3.05) is 19.0 Å². The number of ether oxygens (including phenoxy) is 1. The van der Waals surface area contributed by atoms with Crippen LogP contribution in [-0.4, -0.2) is 33.7 Å². The average Bonchev–Trinajstić information content (AvgIpc) is 2.85. The first kappa shape index (κ1) is 17.3. The van der Waals surface area contributed by atoms with Gasteiger partial charge in [-0.2, -0.15) is 0 Å². The van der Waals surface area contributed by atoms with Crippen LogP contribution >= 0.6 is 23.4 Å². The van der Waals surface area contributed by atoms with Crippen LogP contribution in [0.25, 0.3) is 11.4 Å². The van der Waals surface area contributed by atoms with Gasteiger partial charge in [-0.25, -0.2) is 0 Å². The maximum atomic E-state index is 5.91. The van der Waals surface area contributed by atoms with Gasteiger partial charge in [0, 0.05) is 30.0 Å². The molecule has 22 heavy (non-hydrogen) atoms. The van der Waals surface area contributed by atoms with Gasteiger partial charge in [0.2, 0.25) is 0 Å². The van der Waals surface area contributed by atoms with Gasteiger partial charge in [-0.15, -0.1) is 10.2 Å². The lowest BCUT2D eigenvalue weighted by atomic mass is 10.1. The highest BCUT2D eigenvalue weighted by Crippen LogP contribution is 2.23. The molecule has 6 heteroatoms. The molecule has 0 spiro atoms. The van der Waals surface area contributed by atoms with E-state index in [1.807, 2.05) is 35.9 Å². The SMILES string of the molecule is CC(C)CCOCCSc1nnc(-c2ccc(Cl)cc2)n1C. The summed E-state index contributed by atoms with van der Waals surface area (Å²) >= 11 is 7.58. The highest BCUT2D eigenvalue weighted by Gasteiger charge is 2.10. The van der Waals surface area contributed by atoms with Gasteiger partial charge in [0.25, 0.3) is 0 Å². The first-order chi connectivity index (χ1) is 10.6. The quantitative estimate of drug-likeness (QED) is 0.531. The van der Waals surface area contributed by atoms with Crippen molar-refractivity contribution in [3.63, 3.8) is 0 Å². The minimum atomic E-state index is 0.688. The van der Waals surface area contributed by atoms with Crippen molar-refractivity contribution in [2.45, 2.75) is 25.4 Å². The summed E-state index contributed by atoms with van der Waals surface area (Å²) in [6, 6.07) is 7.63. The van der Waals surface area contributed by atoms with Gasteiger partial charge >= 0.3 is 0 Å². The molecule has 2 rings (SSSR count). The van der Waals surface area contributed by atoms with Crippen molar-refractivity contribution >= 4 is 23.4 Å². The number of halogens is 1. The van der Waals surface area contributed by atoms with E-state index in [9.17, 15) is 0 Å². The van der Waals surface area contributed by atoms with E-state index >= 15 is 0 Å². The van der Waals surface area contributed by atoms with Gasteiger partial charge in [0.15, 0.2) is 11.0 Å². The molecule has 0 radical (unpaired) electrons. The lowest BCUT2D eigenvalue weighted by Crippen LogP contribution is -2.03. The molecule has 1 aromatic carbocycles. The molecule has 0 aliphatic rings.